The Bertz CT molecular complexity index is 608. The third-order valence-electron chi connectivity index (χ3n) is 3.26. The SMILES string of the molecule is Cc1ccc(OCOCCOC(=O)c2ccccc2)cc1C. The topological polar surface area (TPSA) is 44.8 Å². The molecule has 116 valence electrons. The van der Waals surface area contributed by atoms with E-state index in [0.29, 0.717) is 12.2 Å². The van der Waals surface area contributed by atoms with E-state index in [2.05, 4.69) is 6.92 Å². The van der Waals surface area contributed by atoms with Crippen LogP contribution in [0.3, 0.4) is 0 Å². The monoisotopic (exact) mass is 300 g/mol. The van der Waals surface area contributed by atoms with Crippen LogP contribution in [0.1, 0.15) is 21.5 Å². The molecule has 0 amide bonds. The average molecular weight is 300 g/mol. The van der Waals surface area contributed by atoms with Gasteiger partial charge in [0.25, 0.3) is 0 Å². The fraction of sp³-hybridized carbons (Fsp3) is 0.278. The first-order valence-corrected chi connectivity index (χ1v) is 7.17. The Balaban J connectivity index is 1.61. The summed E-state index contributed by atoms with van der Waals surface area (Å²) in [6, 6.07) is 14.7. The number of hydrogen-bond donors (Lipinski definition) is 0. The molecule has 0 aliphatic carbocycles. The van der Waals surface area contributed by atoms with Crippen molar-refractivity contribution in [2.45, 2.75) is 13.8 Å². The fourth-order valence-corrected chi connectivity index (χ4v) is 1.82. The number of benzene rings is 2. The van der Waals surface area contributed by atoms with Gasteiger partial charge in [0.15, 0.2) is 6.79 Å². The van der Waals surface area contributed by atoms with Gasteiger partial charge < -0.3 is 14.2 Å². The summed E-state index contributed by atoms with van der Waals surface area (Å²) in [5.74, 6) is 0.420. The molecule has 4 nitrogen and oxygen atoms in total. The van der Waals surface area contributed by atoms with Crippen molar-refractivity contribution in [1.29, 1.82) is 0 Å². The molecule has 0 fully saturated rings. The van der Waals surface area contributed by atoms with E-state index in [1.165, 1.54) is 11.1 Å². The van der Waals surface area contributed by atoms with Crippen molar-refractivity contribution in [3.8, 4) is 5.75 Å². The maximum Gasteiger partial charge on any atom is 0.338 e. The van der Waals surface area contributed by atoms with Crippen molar-refractivity contribution < 1.29 is 19.0 Å². The standard InChI is InChI=1S/C18H20O4/c1-14-8-9-17(12-15(14)2)22-13-20-10-11-21-18(19)16-6-4-3-5-7-16/h3-9,12H,10-11,13H2,1-2H3. The summed E-state index contributed by atoms with van der Waals surface area (Å²) in [6.45, 7) is 4.71. The Morgan fingerprint density at radius 2 is 1.73 bits per heavy atom. The predicted octanol–water partition coefficient (Wildman–Crippen LogP) is 3.51. The lowest BCUT2D eigenvalue weighted by atomic mass is 10.1. The van der Waals surface area contributed by atoms with Crippen LogP contribution in [0.25, 0.3) is 0 Å². The van der Waals surface area contributed by atoms with Gasteiger partial charge in [-0.2, -0.15) is 0 Å². The highest BCUT2D eigenvalue weighted by Gasteiger charge is 2.05. The summed E-state index contributed by atoms with van der Waals surface area (Å²) < 4.78 is 15.9. The van der Waals surface area contributed by atoms with Crippen molar-refractivity contribution in [2.75, 3.05) is 20.0 Å². The Morgan fingerprint density at radius 1 is 0.955 bits per heavy atom. The van der Waals surface area contributed by atoms with Crippen molar-refractivity contribution in [3.05, 3.63) is 65.2 Å². The molecule has 0 saturated carbocycles. The number of esters is 1. The number of hydrogen-bond acceptors (Lipinski definition) is 4. The van der Waals surface area contributed by atoms with Crippen LogP contribution in [0.2, 0.25) is 0 Å². The van der Waals surface area contributed by atoms with E-state index in [1.54, 1.807) is 24.3 Å². The minimum absolute atomic E-state index is 0.130. The molecule has 0 radical (unpaired) electrons. The molecule has 22 heavy (non-hydrogen) atoms. The zero-order valence-electron chi connectivity index (χ0n) is 12.9. The zero-order chi connectivity index (χ0) is 15.8. The lowest BCUT2D eigenvalue weighted by Crippen LogP contribution is -2.13. The summed E-state index contributed by atoms with van der Waals surface area (Å²) in [4.78, 5) is 11.7. The van der Waals surface area contributed by atoms with E-state index < -0.39 is 0 Å². The summed E-state index contributed by atoms with van der Waals surface area (Å²) in [5, 5.41) is 0. The molecule has 0 aliphatic rings. The van der Waals surface area contributed by atoms with Gasteiger partial charge in [-0.3, -0.25) is 0 Å². The Hall–Kier alpha value is -2.33. The Morgan fingerprint density at radius 3 is 2.45 bits per heavy atom. The average Bonchev–Trinajstić information content (AvgIpc) is 2.54. The van der Waals surface area contributed by atoms with Gasteiger partial charge in [0.1, 0.15) is 12.4 Å². The molecule has 2 rings (SSSR count). The van der Waals surface area contributed by atoms with Crippen LogP contribution in [-0.4, -0.2) is 26.0 Å². The van der Waals surface area contributed by atoms with Gasteiger partial charge in [-0.25, -0.2) is 4.79 Å². The van der Waals surface area contributed by atoms with E-state index in [1.807, 2.05) is 31.2 Å². The highest BCUT2D eigenvalue weighted by atomic mass is 16.7. The van der Waals surface area contributed by atoms with Gasteiger partial charge in [0.2, 0.25) is 0 Å². The van der Waals surface area contributed by atoms with E-state index in [9.17, 15) is 4.79 Å². The molecular weight excluding hydrogens is 280 g/mol. The number of rotatable bonds is 7. The Kier molecular flexibility index (Phi) is 5.98. The van der Waals surface area contributed by atoms with E-state index in [4.69, 9.17) is 14.2 Å². The van der Waals surface area contributed by atoms with Crippen LogP contribution in [0.15, 0.2) is 48.5 Å². The molecule has 0 spiro atoms. The number of aryl methyl sites for hydroxylation is 2. The van der Waals surface area contributed by atoms with E-state index >= 15 is 0 Å². The van der Waals surface area contributed by atoms with Gasteiger partial charge >= 0.3 is 5.97 Å². The number of carbonyl (C=O) groups excluding carboxylic acids is 1. The molecule has 0 unspecified atom stereocenters. The van der Waals surface area contributed by atoms with Gasteiger partial charge in [-0.05, 0) is 49.2 Å². The minimum atomic E-state index is -0.348. The molecular formula is C18H20O4. The summed E-state index contributed by atoms with van der Waals surface area (Å²) >= 11 is 0. The van der Waals surface area contributed by atoms with Crippen LogP contribution in [-0.2, 0) is 9.47 Å². The van der Waals surface area contributed by atoms with Gasteiger partial charge in [0, 0.05) is 0 Å². The lowest BCUT2D eigenvalue weighted by Gasteiger charge is -2.09. The quantitative estimate of drug-likeness (QED) is 0.446. The van der Waals surface area contributed by atoms with Gasteiger partial charge in [-0.1, -0.05) is 24.3 Å². The smallest absolute Gasteiger partial charge is 0.338 e. The van der Waals surface area contributed by atoms with Gasteiger partial charge in [-0.15, -0.1) is 0 Å². The molecule has 0 bridgehead atoms. The number of carbonyl (C=O) groups is 1. The van der Waals surface area contributed by atoms with Crippen molar-refractivity contribution in [1.82, 2.24) is 0 Å². The third kappa shape index (κ3) is 4.90. The Labute approximate surface area is 130 Å². The molecule has 0 atom stereocenters. The molecule has 0 heterocycles. The molecule has 0 saturated heterocycles. The van der Waals surface area contributed by atoms with E-state index in [-0.39, 0.29) is 19.4 Å². The summed E-state index contributed by atoms with van der Waals surface area (Å²) in [6.07, 6.45) is 0. The normalized spacial score (nSPS) is 10.3. The van der Waals surface area contributed by atoms with Gasteiger partial charge in [0.05, 0.1) is 12.2 Å². The first-order valence-electron chi connectivity index (χ1n) is 7.17. The molecule has 2 aromatic carbocycles. The summed E-state index contributed by atoms with van der Waals surface area (Å²) in [5.41, 5.74) is 2.93. The van der Waals surface area contributed by atoms with Crippen molar-refractivity contribution >= 4 is 5.97 Å². The van der Waals surface area contributed by atoms with Crippen molar-refractivity contribution in [3.63, 3.8) is 0 Å². The van der Waals surface area contributed by atoms with Crippen LogP contribution < -0.4 is 4.74 Å². The van der Waals surface area contributed by atoms with Crippen LogP contribution in [0.4, 0.5) is 0 Å². The molecule has 0 N–H and O–H groups in total. The van der Waals surface area contributed by atoms with E-state index in [0.717, 1.165) is 5.75 Å². The fourth-order valence-electron chi connectivity index (χ4n) is 1.82. The molecule has 0 aromatic heterocycles. The van der Waals surface area contributed by atoms with Crippen LogP contribution >= 0.6 is 0 Å². The molecule has 2 aromatic rings. The maximum absolute atomic E-state index is 11.7. The second-order valence-corrected chi connectivity index (χ2v) is 4.92. The van der Waals surface area contributed by atoms with Crippen LogP contribution in [0.5, 0.6) is 5.75 Å². The largest absolute Gasteiger partial charge is 0.468 e. The zero-order valence-corrected chi connectivity index (χ0v) is 12.9. The van der Waals surface area contributed by atoms with Crippen molar-refractivity contribution in [2.24, 2.45) is 0 Å². The third-order valence-corrected chi connectivity index (χ3v) is 3.26. The predicted molar refractivity (Wildman–Crippen MR) is 84.1 cm³/mol. The van der Waals surface area contributed by atoms with Crippen LogP contribution in [0, 0.1) is 13.8 Å². The minimum Gasteiger partial charge on any atom is -0.468 e. The molecule has 0 aliphatic heterocycles. The highest BCUT2D eigenvalue weighted by Crippen LogP contribution is 2.16. The second kappa shape index (κ2) is 8.20. The second-order valence-electron chi connectivity index (χ2n) is 4.92. The first-order chi connectivity index (χ1) is 10.7. The lowest BCUT2D eigenvalue weighted by molar-refractivity contribution is -0.0116. The number of ether oxygens (including phenoxy) is 3. The first kappa shape index (κ1) is 16.0. The highest BCUT2D eigenvalue weighted by molar-refractivity contribution is 5.89. The summed E-state index contributed by atoms with van der Waals surface area (Å²) in [7, 11) is 0. The molecule has 4 heteroatoms. The maximum atomic E-state index is 11.7.